The lowest BCUT2D eigenvalue weighted by atomic mass is 9.85. The van der Waals surface area contributed by atoms with Crippen LogP contribution in [0.3, 0.4) is 0 Å². The summed E-state index contributed by atoms with van der Waals surface area (Å²) in [6.45, 7) is 5.88. The van der Waals surface area contributed by atoms with Gasteiger partial charge in [-0.15, -0.1) is 0 Å². The van der Waals surface area contributed by atoms with Gasteiger partial charge in [-0.25, -0.2) is 0 Å². The van der Waals surface area contributed by atoms with E-state index in [1.165, 1.54) is 51.6 Å². The van der Waals surface area contributed by atoms with Crippen LogP contribution in [0, 0.1) is 17.2 Å². The minimum Gasteiger partial charge on any atom is -0.311 e. The van der Waals surface area contributed by atoms with Gasteiger partial charge in [0, 0.05) is 18.6 Å². The third-order valence-corrected chi connectivity index (χ3v) is 4.62. The van der Waals surface area contributed by atoms with Gasteiger partial charge in [-0.3, -0.25) is 4.90 Å². The summed E-state index contributed by atoms with van der Waals surface area (Å²) in [6, 6.07) is 3.54. The third-order valence-electron chi connectivity index (χ3n) is 4.62. The largest absolute Gasteiger partial charge is 0.311 e. The quantitative estimate of drug-likeness (QED) is 0.832. The SMILES string of the molecule is CC(CNC1CCCCC1C#N)N1CCCCC1. The van der Waals surface area contributed by atoms with Crippen LogP contribution in [0.5, 0.6) is 0 Å². The van der Waals surface area contributed by atoms with Crippen molar-refractivity contribution in [1.29, 1.82) is 5.26 Å². The number of likely N-dealkylation sites (tertiary alicyclic amines) is 1. The average Bonchev–Trinajstić information content (AvgIpc) is 2.46. The molecular weight excluding hydrogens is 222 g/mol. The fraction of sp³-hybridized carbons (Fsp3) is 0.933. The Morgan fingerprint density at radius 3 is 2.61 bits per heavy atom. The lowest BCUT2D eigenvalue weighted by Crippen LogP contribution is -2.47. The van der Waals surface area contributed by atoms with Crippen molar-refractivity contribution >= 4 is 0 Å². The lowest BCUT2D eigenvalue weighted by Gasteiger charge is -2.35. The molecule has 0 radical (unpaired) electrons. The van der Waals surface area contributed by atoms with Gasteiger partial charge in [0.1, 0.15) is 0 Å². The summed E-state index contributed by atoms with van der Waals surface area (Å²) in [6.07, 6.45) is 8.90. The molecule has 3 atom stereocenters. The highest BCUT2D eigenvalue weighted by molar-refractivity contribution is 4.95. The minimum atomic E-state index is 0.243. The molecule has 2 fully saturated rings. The van der Waals surface area contributed by atoms with Crippen LogP contribution >= 0.6 is 0 Å². The summed E-state index contributed by atoms with van der Waals surface area (Å²) in [5.41, 5.74) is 0. The molecule has 102 valence electrons. The first kappa shape index (κ1) is 13.8. The van der Waals surface area contributed by atoms with Crippen molar-refractivity contribution in [2.45, 2.75) is 64.0 Å². The number of hydrogen-bond acceptors (Lipinski definition) is 3. The number of nitrogens with zero attached hydrogens (tertiary/aromatic N) is 2. The Morgan fingerprint density at radius 1 is 1.17 bits per heavy atom. The molecule has 1 N–H and O–H groups in total. The number of nitriles is 1. The summed E-state index contributed by atoms with van der Waals surface area (Å²) >= 11 is 0. The number of hydrogen-bond donors (Lipinski definition) is 1. The zero-order valence-corrected chi connectivity index (χ0v) is 11.7. The lowest BCUT2D eigenvalue weighted by molar-refractivity contribution is 0.162. The van der Waals surface area contributed by atoms with Gasteiger partial charge in [0.2, 0.25) is 0 Å². The number of piperidine rings is 1. The highest BCUT2D eigenvalue weighted by Gasteiger charge is 2.25. The molecule has 3 heteroatoms. The van der Waals surface area contributed by atoms with Crippen molar-refractivity contribution in [3.8, 4) is 6.07 Å². The molecule has 0 aromatic rings. The van der Waals surface area contributed by atoms with E-state index in [-0.39, 0.29) is 5.92 Å². The van der Waals surface area contributed by atoms with Gasteiger partial charge in [0.25, 0.3) is 0 Å². The monoisotopic (exact) mass is 249 g/mol. The Labute approximate surface area is 112 Å². The van der Waals surface area contributed by atoms with E-state index in [4.69, 9.17) is 0 Å². The van der Waals surface area contributed by atoms with Gasteiger partial charge in [-0.2, -0.15) is 5.26 Å². The van der Waals surface area contributed by atoms with Gasteiger partial charge < -0.3 is 5.32 Å². The van der Waals surface area contributed by atoms with Gasteiger partial charge >= 0.3 is 0 Å². The Hall–Kier alpha value is -0.590. The van der Waals surface area contributed by atoms with Crippen LogP contribution in [0.1, 0.15) is 51.9 Å². The van der Waals surface area contributed by atoms with Crippen LogP contribution in [0.25, 0.3) is 0 Å². The van der Waals surface area contributed by atoms with Crippen LogP contribution in [0.2, 0.25) is 0 Å². The van der Waals surface area contributed by atoms with Crippen LogP contribution < -0.4 is 5.32 Å². The minimum absolute atomic E-state index is 0.243. The van der Waals surface area contributed by atoms with E-state index in [0.717, 1.165) is 13.0 Å². The molecule has 0 aromatic heterocycles. The first-order valence-electron chi connectivity index (χ1n) is 7.68. The van der Waals surface area contributed by atoms with Crippen molar-refractivity contribution in [1.82, 2.24) is 10.2 Å². The Morgan fingerprint density at radius 2 is 1.89 bits per heavy atom. The molecular formula is C15H27N3. The second-order valence-electron chi connectivity index (χ2n) is 5.98. The molecule has 1 aliphatic carbocycles. The molecule has 2 rings (SSSR count). The van der Waals surface area contributed by atoms with Crippen LogP contribution in [0.4, 0.5) is 0 Å². The van der Waals surface area contributed by atoms with E-state index in [0.29, 0.717) is 12.1 Å². The van der Waals surface area contributed by atoms with Crippen molar-refractivity contribution in [3.63, 3.8) is 0 Å². The number of nitrogens with one attached hydrogen (secondary N) is 1. The van der Waals surface area contributed by atoms with Gasteiger partial charge in [-0.05, 0) is 45.7 Å². The van der Waals surface area contributed by atoms with Gasteiger partial charge in [0.15, 0.2) is 0 Å². The van der Waals surface area contributed by atoms with Crippen molar-refractivity contribution < 1.29 is 0 Å². The summed E-state index contributed by atoms with van der Waals surface area (Å²) in [4.78, 5) is 2.60. The first-order valence-corrected chi connectivity index (χ1v) is 7.68. The number of rotatable bonds is 4. The molecule has 3 unspecified atom stereocenters. The molecule has 0 aromatic carbocycles. The highest BCUT2D eigenvalue weighted by atomic mass is 15.2. The Kier molecular flexibility index (Phi) is 5.46. The molecule has 1 saturated heterocycles. The summed E-state index contributed by atoms with van der Waals surface area (Å²) in [7, 11) is 0. The summed E-state index contributed by atoms with van der Waals surface area (Å²) in [5.74, 6) is 0.243. The molecule has 0 spiro atoms. The molecule has 1 heterocycles. The fourth-order valence-corrected chi connectivity index (χ4v) is 3.34. The van der Waals surface area contributed by atoms with Crippen molar-refractivity contribution in [3.05, 3.63) is 0 Å². The smallest absolute Gasteiger partial charge is 0.0672 e. The molecule has 1 aliphatic heterocycles. The second kappa shape index (κ2) is 7.11. The first-order chi connectivity index (χ1) is 8.81. The molecule has 1 saturated carbocycles. The molecule has 0 bridgehead atoms. The maximum absolute atomic E-state index is 9.17. The predicted octanol–water partition coefficient (Wildman–Crippen LogP) is 2.53. The third kappa shape index (κ3) is 3.70. The van der Waals surface area contributed by atoms with Crippen molar-refractivity contribution in [2.75, 3.05) is 19.6 Å². The fourth-order valence-electron chi connectivity index (χ4n) is 3.34. The van der Waals surface area contributed by atoms with Crippen LogP contribution in [-0.2, 0) is 0 Å². The molecule has 2 aliphatic rings. The van der Waals surface area contributed by atoms with Crippen LogP contribution in [-0.4, -0.2) is 36.6 Å². The normalized spacial score (nSPS) is 31.8. The summed E-state index contributed by atoms with van der Waals surface area (Å²) in [5, 5.41) is 12.8. The van der Waals surface area contributed by atoms with Crippen LogP contribution in [0.15, 0.2) is 0 Å². The van der Waals surface area contributed by atoms with E-state index in [9.17, 15) is 5.26 Å². The topological polar surface area (TPSA) is 39.1 Å². The zero-order valence-electron chi connectivity index (χ0n) is 11.7. The summed E-state index contributed by atoms with van der Waals surface area (Å²) < 4.78 is 0. The van der Waals surface area contributed by atoms with E-state index < -0.39 is 0 Å². The predicted molar refractivity (Wildman–Crippen MR) is 74.2 cm³/mol. The Bertz CT molecular complexity index is 278. The van der Waals surface area contributed by atoms with Gasteiger partial charge in [-0.1, -0.05) is 19.3 Å². The zero-order chi connectivity index (χ0) is 12.8. The van der Waals surface area contributed by atoms with E-state index in [1.54, 1.807) is 0 Å². The van der Waals surface area contributed by atoms with E-state index in [2.05, 4.69) is 23.2 Å². The maximum atomic E-state index is 9.17. The molecule has 18 heavy (non-hydrogen) atoms. The maximum Gasteiger partial charge on any atom is 0.0672 e. The second-order valence-corrected chi connectivity index (χ2v) is 5.98. The highest BCUT2D eigenvalue weighted by Crippen LogP contribution is 2.23. The van der Waals surface area contributed by atoms with E-state index >= 15 is 0 Å². The standard InChI is InChI=1S/C15H27N3/c1-13(18-9-5-2-6-10-18)12-17-15-8-4-3-7-14(15)11-16/h13-15,17H,2-10,12H2,1H3. The average molecular weight is 249 g/mol. The van der Waals surface area contributed by atoms with E-state index in [1.807, 2.05) is 0 Å². The van der Waals surface area contributed by atoms with Crippen molar-refractivity contribution in [2.24, 2.45) is 5.92 Å². The molecule has 0 amide bonds. The van der Waals surface area contributed by atoms with Gasteiger partial charge in [0.05, 0.1) is 12.0 Å². The molecule has 3 nitrogen and oxygen atoms in total. The Balaban J connectivity index is 1.74.